The minimum Gasteiger partial charge on any atom is -0.378 e. The molecule has 1 aliphatic heterocycles. The van der Waals surface area contributed by atoms with Crippen LogP contribution in [0.15, 0.2) is 24.3 Å². The molecule has 1 aromatic carbocycles. The normalized spacial score (nSPS) is 16.1. The number of hydrogen-bond acceptors (Lipinski definition) is 5. The minimum absolute atomic E-state index is 0.568. The summed E-state index contributed by atoms with van der Waals surface area (Å²) in [6.45, 7) is 3.47. The van der Waals surface area contributed by atoms with Crippen LogP contribution < -0.4 is 10.00 Å². The van der Waals surface area contributed by atoms with Crippen LogP contribution in [0.1, 0.15) is 0 Å². The number of morpholine rings is 1. The summed E-state index contributed by atoms with van der Waals surface area (Å²) in [7, 11) is 0. The van der Waals surface area contributed by atoms with Gasteiger partial charge in [0.15, 0.2) is 0 Å². The SMILES string of the molecule is c1cc(N2CCOCC2)ccc1-c1nnn[n-]1. The average molecular weight is 230 g/mol. The van der Waals surface area contributed by atoms with Crippen LogP contribution >= 0.6 is 0 Å². The van der Waals surface area contributed by atoms with Crippen LogP contribution in [0.3, 0.4) is 0 Å². The number of ether oxygens (including phenoxy) is 1. The van der Waals surface area contributed by atoms with Gasteiger partial charge in [-0.3, -0.25) is 10.3 Å². The lowest BCUT2D eigenvalue weighted by atomic mass is 10.2. The van der Waals surface area contributed by atoms with Crippen LogP contribution in [0, 0.1) is 0 Å². The summed E-state index contributed by atoms with van der Waals surface area (Å²) in [5, 5.41) is 14.6. The Morgan fingerprint density at radius 1 is 1.12 bits per heavy atom. The zero-order valence-corrected chi connectivity index (χ0v) is 9.28. The molecule has 88 valence electrons. The van der Waals surface area contributed by atoms with Crippen LogP contribution in [0.2, 0.25) is 0 Å². The number of tetrazole rings is 1. The van der Waals surface area contributed by atoms with Crippen molar-refractivity contribution in [1.82, 2.24) is 20.6 Å². The molecule has 0 bridgehead atoms. The van der Waals surface area contributed by atoms with Gasteiger partial charge >= 0.3 is 0 Å². The number of nitrogens with zero attached hydrogens (tertiary/aromatic N) is 5. The summed E-state index contributed by atoms with van der Waals surface area (Å²) in [5.41, 5.74) is 2.14. The second-order valence-electron chi connectivity index (χ2n) is 3.85. The first kappa shape index (κ1) is 10.2. The number of benzene rings is 1. The molecule has 0 radical (unpaired) electrons. The van der Waals surface area contributed by atoms with Crippen molar-refractivity contribution in [3.05, 3.63) is 24.3 Å². The van der Waals surface area contributed by atoms with Gasteiger partial charge in [0.2, 0.25) is 0 Å². The average Bonchev–Trinajstić information content (AvgIpc) is 2.94. The third kappa shape index (κ3) is 2.12. The Morgan fingerprint density at radius 3 is 2.53 bits per heavy atom. The van der Waals surface area contributed by atoms with Crippen LogP contribution in [-0.4, -0.2) is 41.8 Å². The third-order valence-electron chi connectivity index (χ3n) is 2.82. The highest BCUT2D eigenvalue weighted by molar-refractivity contribution is 5.59. The molecule has 1 fully saturated rings. The van der Waals surface area contributed by atoms with Crippen molar-refractivity contribution in [2.75, 3.05) is 31.2 Å². The van der Waals surface area contributed by atoms with Gasteiger partial charge in [0.25, 0.3) is 0 Å². The fourth-order valence-corrected chi connectivity index (χ4v) is 1.90. The molecule has 0 aliphatic carbocycles. The van der Waals surface area contributed by atoms with Gasteiger partial charge in [-0.15, -0.1) is 0 Å². The van der Waals surface area contributed by atoms with E-state index in [1.807, 2.05) is 12.1 Å². The summed E-state index contributed by atoms with van der Waals surface area (Å²) < 4.78 is 5.33. The second-order valence-corrected chi connectivity index (χ2v) is 3.85. The van der Waals surface area contributed by atoms with E-state index in [2.05, 4.69) is 37.7 Å². The lowest BCUT2D eigenvalue weighted by molar-refractivity contribution is 0.122. The van der Waals surface area contributed by atoms with E-state index < -0.39 is 0 Å². The zero-order chi connectivity index (χ0) is 11.5. The van der Waals surface area contributed by atoms with E-state index in [9.17, 15) is 0 Å². The topological polar surface area (TPSA) is 65.2 Å². The summed E-state index contributed by atoms with van der Waals surface area (Å²) in [4.78, 5) is 2.30. The second kappa shape index (κ2) is 4.50. The van der Waals surface area contributed by atoms with Gasteiger partial charge in [-0.25, -0.2) is 0 Å². The molecule has 17 heavy (non-hydrogen) atoms. The van der Waals surface area contributed by atoms with E-state index in [-0.39, 0.29) is 0 Å². The van der Waals surface area contributed by atoms with E-state index in [0.29, 0.717) is 5.82 Å². The number of hydrogen-bond donors (Lipinski definition) is 0. The lowest BCUT2D eigenvalue weighted by Crippen LogP contribution is -2.36. The maximum absolute atomic E-state index is 5.33. The largest absolute Gasteiger partial charge is 0.378 e. The Morgan fingerprint density at radius 2 is 1.88 bits per heavy atom. The molecule has 1 aliphatic rings. The van der Waals surface area contributed by atoms with Crippen molar-refractivity contribution in [3.63, 3.8) is 0 Å². The van der Waals surface area contributed by atoms with Gasteiger partial charge in [0, 0.05) is 24.6 Å². The van der Waals surface area contributed by atoms with Gasteiger partial charge in [-0.1, -0.05) is 12.1 Å². The fraction of sp³-hybridized carbons (Fsp3) is 0.364. The highest BCUT2D eigenvalue weighted by atomic mass is 16.5. The molecule has 0 unspecified atom stereocenters. The van der Waals surface area contributed by atoms with Crippen molar-refractivity contribution in [3.8, 4) is 11.4 Å². The maximum Gasteiger partial charge on any atom is 0.0642 e. The molecule has 0 amide bonds. The van der Waals surface area contributed by atoms with Crippen molar-refractivity contribution in [1.29, 1.82) is 0 Å². The molecular weight excluding hydrogens is 218 g/mol. The Balaban J connectivity index is 1.80. The maximum atomic E-state index is 5.33. The van der Waals surface area contributed by atoms with Crippen molar-refractivity contribution >= 4 is 5.69 Å². The smallest absolute Gasteiger partial charge is 0.0642 e. The molecule has 1 aromatic heterocycles. The number of rotatable bonds is 2. The fourth-order valence-electron chi connectivity index (χ4n) is 1.90. The van der Waals surface area contributed by atoms with Gasteiger partial charge in [0.05, 0.1) is 13.2 Å². The molecule has 0 spiro atoms. The minimum atomic E-state index is 0.568. The van der Waals surface area contributed by atoms with Crippen LogP contribution in [0.25, 0.3) is 11.4 Å². The van der Waals surface area contributed by atoms with E-state index in [1.165, 1.54) is 5.69 Å². The predicted molar refractivity (Wildman–Crippen MR) is 61.6 cm³/mol. The van der Waals surface area contributed by atoms with Crippen LogP contribution in [0.4, 0.5) is 5.69 Å². The summed E-state index contributed by atoms with van der Waals surface area (Å²) in [5.74, 6) is 0.568. The number of aromatic nitrogens is 4. The highest BCUT2D eigenvalue weighted by Gasteiger charge is 2.10. The molecule has 0 atom stereocenters. The van der Waals surface area contributed by atoms with E-state index in [0.717, 1.165) is 31.9 Å². The lowest BCUT2D eigenvalue weighted by Gasteiger charge is -2.28. The first-order chi connectivity index (χ1) is 8.43. The van der Waals surface area contributed by atoms with Crippen molar-refractivity contribution < 1.29 is 4.74 Å². The molecule has 0 saturated carbocycles. The van der Waals surface area contributed by atoms with Crippen LogP contribution in [-0.2, 0) is 4.74 Å². The summed E-state index contributed by atoms with van der Waals surface area (Å²) in [6.07, 6.45) is 0. The van der Waals surface area contributed by atoms with Gasteiger partial charge in [-0.2, -0.15) is 5.21 Å². The first-order valence-corrected chi connectivity index (χ1v) is 5.55. The van der Waals surface area contributed by atoms with Crippen LogP contribution in [0.5, 0.6) is 0 Å². The monoisotopic (exact) mass is 230 g/mol. The number of anilines is 1. The molecule has 6 nitrogen and oxygen atoms in total. The molecule has 3 rings (SSSR count). The van der Waals surface area contributed by atoms with Gasteiger partial charge in [-0.05, 0) is 17.7 Å². The first-order valence-electron chi connectivity index (χ1n) is 5.55. The Bertz CT molecular complexity index is 461. The van der Waals surface area contributed by atoms with E-state index in [4.69, 9.17) is 4.74 Å². The van der Waals surface area contributed by atoms with E-state index >= 15 is 0 Å². The standard InChI is InChI=1S/C11H12N5O/c1-3-10(16-5-7-17-8-6-16)4-2-9(1)11-12-14-15-13-11/h1-4H,5-8H2/q-1. The quantitative estimate of drug-likeness (QED) is 0.741. The molecule has 2 heterocycles. The van der Waals surface area contributed by atoms with E-state index in [1.54, 1.807) is 0 Å². The molecule has 1 saturated heterocycles. The molecule has 0 N–H and O–H groups in total. The summed E-state index contributed by atoms with van der Waals surface area (Å²) >= 11 is 0. The Labute approximate surface area is 98.6 Å². The third-order valence-corrected chi connectivity index (χ3v) is 2.82. The Kier molecular flexibility index (Phi) is 2.71. The molecule has 6 heteroatoms. The molecular formula is C11H12N5O-. The van der Waals surface area contributed by atoms with Gasteiger partial charge < -0.3 is 14.7 Å². The van der Waals surface area contributed by atoms with Crippen molar-refractivity contribution in [2.45, 2.75) is 0 Å². The Hall–Kier alpha value is -1.95. The summed E-state index contributed by atoms with van der Waals surface area (Å²) in [6, 6.07) is 8.11. The van der Waals surface area contributed by atoms with Crippen molar-refractivity contribution in [2.24, 2.45) is 0 Å². The van der Waals surface area contributed by atoms with Gasteiger partial charge in [0.1, 0.15) is 0 Å². The molecule has 2 aromatic rings. The predicted octanol–water partition coefficient (Wildman–Crippen LogP) is 0.332. The zero-order valence-electron chi connectivity index (χ0n) is 9.28. The highest BCUT2D eigenvalue weighted by Crippen LogP contribution is 2.20.